The molecule has 0 heterocycles. The van der Waals surface area contributed by atoms with Gasteiger partial charge in [-0.3, -0.25) is 4.79 Å². The lowest BCUT2D eigenvalue weighted by Gasteiger charge is -2.20. The van der Waals surface area contributed by atoms with Crippen LogP contribution in [0, 0.1) is 5.82 Å². The van der Waals surface area contributed by atoms with Gasteiger partial charge in [0, 0.05) is 19.6 Å². The van der Waals surface area contributed by atoms with Gasteiger partial charge in [-0.05, 0) is 36.1 Å². The second-order valence-electron chi connectivity index (χ2n) is 6.41. The Hall–Kier alpha value is -2.25. The molecule has 0 atom stereocenters. The van der Waals surface area contributed by atoms with E-state index in [1.165, 1.54) is 22.7 Å². The van der Waals surface area contributed by atoms with E-state index in [9.17, 15) is 17.6 Å². The van der Waals surface area contributed by atoms with Crippen LogP contribution < -0.4 is 5.32 Å². The lowest BCUT2D eigenvalue weighted by molar-refractivity contribution is -0.120. The highest BCUT2D eigenvalue weighted by atomic mass is 32.2. The standard InChI is InChI=1S/C20H25FN2O3S/c1-27(25,26)23(13-6-10-17-7-3-2-4-8-17)14-12-22-20(24)16-18-9-5-11-19(21)15-18/h2-5,7-9,11,15H,6,10,12-14,16H2,1H3,(H,22,24). The predicted molar refractivity (Wildman–Crippen MR) is 104 cm³/mol. The van der Waals surface area contributed by atoms with Crippen LogP contribution in [0.5, 0.6) is 0 Å². The maximum absolute atomic E-state index is 13.1. The first-order valence-electron chi connectivity index (χ1n) is 8.85. The highest BCUT2D eigenvalue weighted by Gasteiger charge is 2.16. The van der Waals surface area contributed by atoms with Gasteiger partial charge in [0.1, 0.15) is 5.82 Å². The molecular weight excluding hydrogens is 367 g/mol. The largest absolute Gasteiger partial charge is 0.354 e. The van der Waals surface area contributed by atoms with Crippen molar-refractivity contribution in [1.29, 1.82) is 0 Å². The molecule has 2 aromatic rings. The predicted octanol–water partition coefficient (Wildman–Crippen LogP) is 2.38. The summed E-state index contributed by atoms with van der Waals surface area (Å²) in [6.45, 7) is 0.822. The minimum Gasteiger partial charge on any atom is -0.354 e. The van der Waals surface area contributed by atoms with E-state index in [4.69, 9.17) is 0 Å². The second kappa shape index (κ2) is 10.2. The smallest absolute Gasteiger partial charge is 0.224 e. The highest BCUT2D eigenvalue weighted by molar-refractivity contribution is 7.88. The normalized spacial score (nSPS) is 11.5. The SMILES string of the molecule is CS(=O)(=O)N(CCCc1ccccc1)CCNC(=O)Cc1cccc(F)c1. The quantitative estimate of drug-likeness (QED) is 0.675. The Morgan fingerprint density at radius 3 is 2.41 bits per heavy atom. The monoisotopic (exact) mass is 392 g/mol. The third kappa shape index (κ3) is 7.88. The van der Waals surface area contributed by atoms with Crippen molar-refractivity contribution in [1.82, 2.24) is 9.62 Å². The molecule has 2 rings (SSSR count). The molecule has 0 saturated carbocycles. The van der Waals surface area contributed by atoms with Gasteiger partial charge in [0.15, 0.2) is 0 Å². The van der Waals surface area contributed by atoms with Gasteiger partial charge >= 0.3 is 0 Å². The van der Waals surface area contributed by atoms with Gasteiger partial charge in [-0.15, -0.1) is 0 Å². The molecule has 27 heavy (non-hydrogen) atoms. The van der Waals surface area contributed by atoms with Crippen LogP contribution in [-0.4, -0.2) is 44.5 Å². The second-order valence-corrected chi connectivity index (χ2v) is 8.39. The number of hydrogen-bond donors (Lipinski definition) is 1. The first-order valence-corrected chi connectivity index (χ1v) is 10.7. The van der Waals surface area contributed by atoms with Crippen molar-refractivity contribution >= 4 is 15.9 Å². The molecule has 0 saturated heterocycles. The van der Waals surface area contributed by atoms with Crippen LogP contribution in [0.3, 0.4) is 0 Å². The first-order chi connectivity index (χ1) is 12.8. The van der Waals surface area contributed by atoms with Crippen LogP contribution in [-0.2, 0) is 27.7 Å². The Balaban J connectivity index is 1.77. The van der Waals surface area contributed by atoms with Crippen molar-refractivity contribution in [3.05, 3.63) is 71.5 Å². The molecule has 1 amide bonds. The summed E-state index contributed by atoms with van der Waals surface area (Å²) in [4.78, 5) is 12.0. The van der Waals surface area contributed by atoms with Crippen molar-refractivity contribution in [2.45, 2.75) is 19.3 Å². The third-order valence-electron chi connectivity index (χ3n) is 4.12. The molecule has 0 spiro atoms. The summed E-state index contributed by atoms with van der Waals surface area (Å²) >= 11 is 0. The van der Waals surface area contributed by atoms with Crippen LogP contribution >= 0.6 is 0 Å². The molecule has 0 aliphatic carbocycles. The summed E-state index contributed by atoms with van der Waals surface area (Å²) in [6, 6.07) is 15.7. The average molecular weight is 392 g/mol. The van der Waals surface area contributed by atoms with Crippen molar-refractivity contribution in [3.63, 3.8) is 0 Å². The molecule has 0 aliphatic heterocycles. The molecule has 0 aliphatic rings. The van der Waals surface area contributed by atoms with E-state index in [1.807, 2.05) is 30.3 Å². The molecule has 5 nitrogen and oxygen atoms in total. The number of sulfonamides is 1. The fourth-order valence-corrected chi connectivity index (χ4v) is 3.65. The number of halogens is 1. The molecule has 0 radical (unpaired) electrons. The summed E-state index contributed by atoms with van der Waals surface area (Å²) in [5.74, 6) is -0.652. The topological polar surface area (TPSA) is 66.5 Å². The number of rotatable bonds is 10. The zero-order chi connectivity index (χ0) is 19.7. The van der Waals surface area contributed by atoms with Gasteiger partial charge in [-0.25, -0.2) is 17.1 Å². The fraction of sp³-hybridized carbons (Fsp3) is 0.350. The number of aryl methyl sites for hydroxylation is 1. The summed E-state index contributed by atoms with van der Waals surface area (Å²) in [5, 5.41) is 2.69. The van der Waals surface area contributed by atoms with Crippen molar-refractivity contribution in [2.24, 2.45) is 0 Å². The Labute approximate surface area is 160 Å². The van der Waals surface area contributed by atoms with E-state index in [0.29, 0.717) is 18.5 Å². The number of carbonyl (C=O) groups excluding carboxylic acids is 1. The van der Waals surface area contributed by atoms with Crippen LogP contribution in [0.25, 0.3) is 0 Å². The average Bonchev–Trinajstić information content (AvgIpc) is 2.60. The molecule has 0 bridgehead atoms. The molecule has 7 heteroatoms. The molecule has 0 unspecified atom stereocenters. The number of carbonyl (C=O) groups is 1. The van der Waals surface area contributed by atoms with Gasteiger partial charge in [-0.1, -0.05) is 42.5 Å². The third-order valence-corrected chi connectivity index (χ3v) is 5.43. The van der Waals surface area contributed by atoms with E-state index in [2.05, 4.69) is 5.32 Å². The Kier molecular flexibility index (Phi) is 7.94. The summed E-state index contributed by atoms with van der Waals surface area (Å²) < 4.78 is 38.4. The lowest BCUT2D eigenvalue weighted by Crippen LogP contribution is -2.39. The van der Waals surface area contributed by atoms with Gasteiger partial charge in [-0.2, -0.15) is 0 Å². The van der Waals surface area contributed by atoms with Crippen LogP contribution in [0.15, 0.2) is 54.6 Å². The van der Waals surface area contributed by atoms with Gasteiger partial charge < -0.3 is 5.32 Å². The van der Waals surface area contributed by atoms with E-state index >= 15 is 0 Å². The lowest BCUT2D eigenvalue weighted by atomic mass is 10.1. The van der Waals surface area contributed by atoms with Gasteiger partial charge in [0.2, 0.25) is 15.9 Å². The van der Waals surface area contributed by atoms with E-state index in [1.54, 1.807) is 12.1 Å². The Morgan fingerprint density at radius 1 is 1.04 bits per heavy atom. The maximum atomic E-state index is 13.1. The summed E-state index contributed by atoms with van der Waals surface area (Å²) in [5.41, 5.74) is 1.74. The number of benzene rings is 2. The van der Waals surface area contributed by atoms with Crippen molar-refractivity contribution in [2.75, 3.05) is 25.9 Å². The zero-order valence-corrected chi connectivity index (χ0v) is 16.2. The van der Waals surface area contributed by atoms with E-state index < -0.39 is 10.0 Å². The Morgan fingerprint density at radius 2 is 1.74 bits per heavy atom. The molecule has 0 fully saturated rings. The van der Waals surface area contributed by atoms with Crippen molar-refractivity contribution < 1.29 is 17.6 Å². The molecule has 2 aromatic carbocycles. The summed E-state index contributed by atoms with van der Waals surface area (Å²) in [7, 11) is -3.35. The minimum absolute atomic E-state index is 0.0602. The fourth-order valence-electron chi connectivity index (χ4n) is 2.76. The van der Waals surface area contributed by atoms with Crippen LogP contribution in [0.1, 0.15) is 17.5 Å². The molecule has 1 N–H and O–H groups in total. The number of nitrogens with one attached hydrogen (secondary N) is 1. The number of hydrogen-bond acceptors (Lipinski definition) is 3. The van der Waals surface area contributed by atoms with Gasteiger partial charge in [0.25, 0.3) is 0 Å². The zero-order valence-electron chi connectivity index (χ0n) is 15.4. The molecule has 0 aromatic heterocycles. The Bertz CT molecular complexity index is 841. The van der Waals surface area contributed by atoms with E-state index in [-0.39, 0.29) is 31.2 Å². The number of amides is 1. The summed E-state index contributed by atoms with van der Waals surface area (Å²) in [6.07, 6.45) is 2.72. The molecule has 146 valence electrons. The van der Waals surface area contributed by atoms with Crippen molar-refractivity contribution in [3.8, 4) is 0 Å². The molecular formula is C20H25FN2O3S. The van der Waals surface area contributed by atoms with E-state index in [0.717, 1.165) is 12.0 Å². The maximum Gasteiger partial charge on any atom is 0.224 e. The number of nitrogens with zero attached hydrogens (tertiary/aromatic N) is 1. The minimum atomic E-state index is -3.35. The van der Waals surface area contributed by atoms with Crippen LogP contribution in [0.4, 0.5) is 4.39 Å². The highest BCUT2D eigenvalue weighted by Crippen LogP contribution is 2.06. The van der Waals surface area contributed by atoms with Gasteiger partial charge in [0.05, 0.1) is 12.7 Å². The van der Waals surface area contributed by atoms with Crippen LogP contribution in [0.2, 0.25) is 0 Å². The first kappa shape index (κ1) is 21.1.